The predicted octanol–water partition coefficient (Wildman–Crippen LogP) is 1.49. The van der Waals surface area contributed by atoms with Crippen molar-refractivity contribution in [1.82, 2.24) is 10.6 Å². The summed E-state index contributed by atoms with van der Waals surface area (Å²) in [6.45, 7) is 0. The van der Waals surface area contributed by atoms with E-state index in [-0.39, 0.29) is 29.0 Å². The summed E-state index contributed by atoms with van der Waals surface area (Å²) in [6, 6.07) is 3.89. The number of anilines is 1. The van der Waals surface area contributed by atoms with E-state index in [1.54, 1.807) is 0 Å². The molecule has 1 saturated carbocycles. The number of nitro benzene ring substituents is 1. The second kappa shape index (κ2) is 6.95. The fourth-order valence-electron chi connectivity index (χ4n) is 2.73. The lowest BCUT2D eigenvalue weighted by Gasteiger charge is -2.29. The van der Waals surface area contributed by atoms with Crippen molar-refractivity contribution in [2.75, 3.05) is 5.73 Å². The summed E-state index contributed by atoms with van der Waals surface area (Å²) in [4.78, 5) is 33.1. The highest BCUT2D eigenvalue weighted by molar-refractivity contribution is 6.01. The number of nitro groups is 1. The largest absolute Gasteiger partial charge is 0.465 e. The third-order valence-electron chi connectivity index (χ3n) is 3.91. The minimum absolute atomic E-state index is 0.0741. The van der Waals surface area contributed by atoms with Crippen LogP contribution in [0.3, 0.4) is 0 Å². The SMILES string of the molecule is Nc1c(C(=O)N[C@H]2CC[C@H](NC(=O)O)CC2)cccc1[N+](=O)[O-]. The minimum atomic E-state index is -1.05. The van der Waals surface area contributed by atoms with Crippen LogP contribution in [-0.4, -0.2) is 34.1 Å². The summed E-state index contributed by atoms with van der Waals surface area (Å²) in [5, 5.41) is 24.8. The Kier molecular flexibility index (Phi) is 4.99. The molecule has 0 aromatic heterocycles. The van der Waals surface area contributed by atoms with E-state index in [0.29, 0.717) is 25.7 Å². The lowest BCUT2D eigenvalue weighted by atomic mass is 9.91. The van der Waals surface area contributed by atoms with Crippen LogP contribution < -0.4 is 16.4 Å². The van der Waals surface area contributed by atoms with E-state index in [2.05, 4.69) is 10.6 Å². The van der Waals surface area contributed by atoms with E-state index in [9.17, 15) is 19.7 Å². The number of amides is 2. The quantitative estimate of drug-likeness (QED) is 0.375. The molecule has 0 saturated heterocycles. The monoisotopic (exact) mass is 322 g/mol. The molecule has 1 aliphatic rings. The summed E-state index contributed by atoms with van der Waals surface area (Å²) in [5.74, 6) is -0.458. The van der Waals surface area contributed by atoms with Gasteiger partial charge < -0.3 is 21.5 Å². The van der Waals surface area contributed by atoms with Crippen LogP contribution in [0.25, 0.3) is 0 Å². The van der Waals surface area contributed by atoms with Gasteiger partial charge in [-0.2, -0.15) is 0 Å². The summed E-state index contributed by atoms with van der Waals surface area (Å²) in [6.07, 6.45) is 1.46. The van der Waals surface area contributed by atoms with Gasteiger partial charge in [0.15, 0.2) is 0 Å². The van der Waals surface area contributed by atoms with Crippen molar-refractivity contribution in [1.29, 1.82) is 0 Å². The number of nitrogens with two attached hydrogens (primary N) is 1. The Hall–Kier alpha value is -2.84. The Morgan fingerprint density at radius 3 is 2.26 bits per heavy atom. The number of carbonyl (C=O) groups excluding carboxylic acids is 1. The van der Waals surface area contributed by atoms with Gasteiger partial charge >= 0.3 is 6.09 Å². The number of nitrogen functional groups attached to an aromatic ring is 1. The molecule has 0 heterocycles. The lowest BCUT2D eigenvalue weighted by molar-refractivity contribution is -0.383. The van der Waals surface area contributed by atoms with E-state index < -0.39 is 16.9 Å². The first-order valence-electron chi connectivity index (χ1n) is 7.21. The fraction of sp³-hybridized carbons (Fsp3) is 0.429. The van der Waals surface area contributed by atoms with Crippen molar-refractivity contribution in [2.24, 2.45) is 0 Å². The van der Waals surface area contributed by atoms with Gasteiger partial charge in [-0.05, 0) is 31.7 Å². The van der Waals surface area contributed by atoms with Crippen molar-refractivity contribution in [3.63, 3.8) is 0 Å². The minimum Gasteiger partial charge on any atom is -0.465 e. The highest BCUT2D eigenvalue weighted by atomic mass is 16.6. The molecule has 1 aromatic rings. The van der Waals surface area contributed by atoms with Crippen LogP contribution >= 0.6 is 0 Å². The third-order valence-corrected chi connectivity index (χ3v) is 3.91. The molecule has 0 aliphatic heterocycles. The second-order valence-corrected chi connectivity index (χ2v) is 5.47. The van der Waals surface area contributed by atoms with E-state index in [1.165, 1.54) is 18.2 Å². The number of para-hydroxylation sites is 1. The molecule has 2 rings (SSSR count). The Morgan fingerprint density at radius 2 is 1.74 bits per heavy atom. The van der Waals surface area contributed by atoms with Gasteiger partial charge in [-0.25, -0.2) is 4.79 Å². The number of benzene rings is 1. The standard InChI is InChI=1S/C14H18N4O5/c15-12-10(2-1-3-11(12)18(22)23)13(19)16-8-4-6-9(7-5-8)17-14(20)21/h1-3,8-9,17H,4-7,15H2,(H,16,19)(H,20,21)/t8-,9-. The molecule has 0 radical (unpaired) electrons. The zero-order chi connectivity index (χ0) is 17.0. The van der Waals surface area contributed by atoms with Gasteiger partial charge in [-0.1, -0.05) is 6.07 Å². The van der Waals surface area contributed by atoms with Gasteiger partial charge in [0.25, 0.3) is 11.6 Å². The molecule has 9 heteroatoms. The van der Waals surface area contributed by atoms with Crippen molar-refractivity contribution in [3.8, 4) is 0 Å². The number of carboxylic acid groups (broad SMARTS) is 1. The maximum absolute atomic E-state index is 12.2. The molecule has 0 atom stereocenters. The molecule has 1 aliphatic carbocycles. The highest BCUT2D eigenvalue weighted by Crippen LogP contribution is 2.25. The molecule has 23 heavy (non-hydrogen) atoms. The van der Waals surface area contributed by atoms with Crippen molar-refractivity contribution < 1.29 is 19.6 Å². The number of hydrogen-bond acceptors (Lipinski definition) is 5. The van der Waals surface area contributed by atoms with Gasteiger partial charge in [-0.15, -0.1) is 0 Å². The molecule has 1 fully saturated rings. The molecule has 9 nitrogen and oxygen atoms in total. The zero-order valence-corrected chi connectivity index (χ0v) is 12.3. The summed E-state index contributed by atoms with van der Waals surface area (Å²) < 4.78 is 0. The second-order valence-electron chi connectivity index (χ2n) is 5.47. The van der Waals surface area contributed by atoms with Crippen LogP contribution in [0.15, 0.2) is 18.2 Å². The normalized spacial score (nSPS) is 20.5. The van der Waals surface area contributed by atoms with Crippen molar-refractivity contribution >= 4 is 23.4 Å². The molecule has 0 unspecified atom stereocenters. The Morgan fingerprint density at radius 1 is 1.17 bits per heavy atom. The van der Waals surface area contributed by atoms with Crippen LogP contribution in [0.5, 0.6) is 0 Å². The van der Waals surface area contributed by atoms with E-state index >= 15 is 0 Å². The molecule has 1 aromatic carbocycles. The first kappa shape index (κ1) is 16.5. The molecular formula is C14H18N4O5. The van der Waals surface area contributed by atoms with Gasteiger partial charge in [0, 0.05) is 18.2 Å². The zero-order valence-electron chi connectivity index (χ0n) is 12.3. The lowest BCUT2D eigenvalue weighted by Crippen LogP contribution is -2.43. The smallest absolute Gasteiger partial charge is 0.404 e. The van der Waals surface area contributed by atoms with Gasteiger partial charge in [0.1, 0.15) is 5.69 Å². The number of nitrogens with zero attached hydrogens (tertiary/aromatic N) is 1. The van der Waals surface area contributed by atoms with E-state index in [0.717, 1.165) is 0 Å². The average molecular weight is 322 g/mol. The Labute approximate surface area is 132 Å². The number of carbonyl (C=O) groups is 2. The fourth-order valence-corrected chi connectivity index (χ4v) is 2.73. The third kappa shape index (κ3) is 4.09. The molecule has 2 amide bonds. The number of hydrogen-bond donors (Lipinski definition) is 4. The highest BCUT2D eigenvalue weighted by Gasteiger charge is 2.25. The van der Waals surface area contributed by atoms with Crippen molar-refractivity contribution in [3.05, 3.63) is 33.9 Å². The van der Waals surface area contributed by atoms with E-state index in [1.807, 2.05) is 0 Å². The van der Waals surface area contributed by atoms with E-state index in [4.69, 9.17) is 10.8 Å². The van der Waals surface area contributed by atoms with Crippen LogP contribution in [0.1, 0.15) is 36.0 Å². The maximum Gasteiger partial charge on any atom is 0.404 e. The molecule has 0 bridgehead atoms. The maximum atomic E-state index is 12.2. The summed E-state index contributed by atoms with van der Waals surface area (Å²) in [7, 11) is 0. The van der Waals surface area contributed by atoms with Gasteiger partial charge in [-0.3, -0.25) is 14.9 Å². The van der Waals surface area contributed by atoms with Gasteiger partial charge in [0.05, 0.1) is 10.5 Å². The number of rotatable bonds is 4. The van der Waals surface area contributed by atoms with Crippen LogP contribution in [0.2, 0.25) is 0 Å². The van der Waals surface area contributed by atoms with Gasteiger partial charge in [0.2, 0.25) is 0 Å². The molecular weight excluding hydrogens is 304 g/mol. The molecule has 0 spiro atoms. The first-order valence-corrected chi connectivity index (χ1v) is 7.21. The average Bonchev–Trinajstić information content (AvgIpc) is 2.48. The molecule has 5 N–H and O–H groups in total. The first-order chi connectivity index (χ1) is 10.9. The predicted molar refractivity (Wildman–Crippen MR) is 82.2 cm³/mol. The van der Waals surface area contributed by atoms with Crippen LogP contribution in [0, 0.1) is 10.1 Å². The number of nitrogens with one attached hydrogen (secondary N) is 2. The van der Waals surface area contributed by atoms with Crippen LogP contribution in [-0.2, 0) is 0 Å². The molecule has 124 valence electrons. The summed E-state index contributed by atoms with van der Waals surface area (Å²) >= 11 is 0. The Bertz CT molecular complexity index is 626. The summed E-state index contributed by atoms with van der Waals surface area (Å²) in [5.41, 5.74) is 5.31. The topological polar surface area (TPSA) is 148 Å². The van der Waals surface area contributed by atoms with Crippen LogP contribution in [0.4, 0.5) is 16.2 Å². The Balaban J connectivity index is 1.97. The van der Waals surface area contributed by atoms with Crippen molar-refractivity contribution in [2.45, 2.75) is 37.8 Å².